The number of imidazole rings is 1. The number of hydrogen-bond donors (Lipinski definition) is 3. The van der Waals surface area contributed by atoms with Crippen molar-refractivity contribution >= 4 is 28.6 Å². The van der Waals surface area contributed by atoms with Gasteiger partial charge in [-0.3, -0.25) is 0 Å². The van der Waals surface area contributed by atoms with Crippen molar-refractivity contribution in [2.24, 2.45) is 0 Å². The number of benzene rings is 1. The van der Waals surface area contributed by atoms with E-state index in [1.807, 2.05) is 0 Å². The van der Waals surface area contributed by atoms with Crippen molar-refractivity contribution in [2.75, 3.05) is 25.1 Å². The van der Waals surface area contributed by atoms with Crippen molar-refractivity contribution in [2.45, 2.75) is 30.5 Å². The fourth-order valence-electron chi connectivity index (χ4n) is 4.30. The Labute approximate surface area is 184 Å². The standard InChI is InChI=1S/C20H17ClF2N4O5/c21-8-3-10-19(27-20(25-10)32-14-6-31-16-12(28)5-30-17(14)16)26-18(8)24-11-4-29-13-2-7(22)1-9(23)15(11)13/h1-3,11-12,14,16-17,28H,4-6H2,(H2,24,25,26,27)/t11-,12-,14-,16-,17-/m1/s1. The second-order valence-electron chi connectivity index (χ2n) is 7.86. The molecule has 2 saturated heterocycles. The number of aromatic nitrogens is 3. The number of aliphatic hydroxyl groups is 1. The number of nitrogens with zero attached hydrogens (tertiary/aromatic N) is 2. The van der Waals surface area contributed by atoms with Crippen LogP contribution >= 0.6 is 11.6 Å². The molecule has 3 N–H and O–H groups in total. The van der Waals surface area contributed by atoms with Crippen LogP contribution < -0.4 is 14.8 Å². The van der Waals surface area contributed by atoms with Gasteiger partial charge >= 0.3 is 0 Å². The lowest BCUT2D eigenvalue weighted by atomic mass is 10.1. The maximum absolute atomic E-state index is 14.3. The van der Waals surface area contributed by atoms with Crippen molar-refractivity contribution in [1.29, 1.82) is 0 Å². The maximum Gasteiger partial charge on any atom is 0.296 e. The topological polar surface area (TPSA) is 111 Å². The van der Waals surface area contributed by atoms with Gasteiger partial charge in [-0.25, -0.2) is 13.8 Å². The van der Waals surface area contributed by atoms with E-state index >= 15 is 0 Å². The molecular formula is C20H17ClF2N4O5. The van der Waals surface area contributed by atoms with Crippen LogP contribution in [-0.4, -0.2) is 64.3 Å². The van der Waals surface area contributed by atoms with Gasteiger partial charge < -0.3 is 34.4 Å². The van der Waals surface area contributed by atoms with E-state index in [4.69, 9.17) is 30.5 Å². The smallest absolute Gasteiger partial charge is 0.296 e. The molecule has 2 fully saturated rings. The van der Waals surface area contributed by atoms with E-state index in [9.17, 15) is 13.9 Å². The monoisotopic (exact) mass is 466 g/mol. The van der Waals surface area contributed by atoms with Crippen molar-refractivity contribution in [3.63, 3.8) is 0 Å². The molecule has 0 spiro atoms. The van der Waals surface area contributed by atoms with Gasteiger partial charge in [0.1, 0.15) is 48.1 Å². The van der Waals surface area contributed by atoms with E-state index < -0.39 is 36.0 Å². The maximum atomic E-state index is 14.3. The summed E-state index contributed by atoms with van der Waals surface area (Å²) in [6, 6.07) is 3.17. The highest BCUT2D eigenvalue weighted by molar-refractivity contribution is 6.33. The summed E-state index contributed by atoms with van der Waals surface area (Å²) < 4.78 is 50.1. The van der Waals surface area contributed by atoms with E-state index in [-0.39, 0.29) is 54.1 Å². The Morgan fingerprint density at radius 1 is 1.12 bits per heavy atom. The number of anilines is 1. The Morgan fingerprint density at radius 2 is 1.97 bits per heavy atom. The minimum Gasteiger partial charge on any atom is -0.490 e. The number of ether oxygens (including phenoxy) is 4. The quantitative estimate of drug-likeness (QED) is 0.537. The summed E-state index contributed by atoms with van der Waals surface area (Å²) in [5, 5.41) is 13.2. The van der Waals surface area contributed by atoms with Crippen LogP contribution in [0.25, 0.3) is 11.2 Å². The number of pyridine rings is 1. The lowest BCUT2D eigenvalue weighted by Crippen LogP contribution is -2.34. The first-order valence-corrected chi connectivity index (χ1v) is 10.4. The summed E-state index contributed by atoms with van der Waals surface area (Å²) in [5.41, 5.74) is 1.08. The minimum atomic E-state index is -0.709. The molecule has 12 heteroatoms. The number of nitrogens with one attached hydrogen (secondary N) is 2. The van der Waals surface area contributed by atoms with Crippen LogP contribution in [0, 0.1) is 11.6 Å². The molecule has 5 atom stereocenters. The van der Waals surface area contributed by atoms with Crippen LogP contribution in [0.3, 0.4) is 0 Å². The molecule has 3 aromatic rings. The fourth-order valence-corrected chi connectivity index (χ4v) is 4.50. The number of rotatable bonds is 4. The zero-order valence-electron chi connectivity index (χ0n) is 16.3. The number of H-pyrrole nitrogens is 1. The van der Waals surface area contributed by atoms with E-state index in [2.05, 4.69) is 20.3 Å². The lowest BCUT2D eigenvalue weighted by Gasteiger charge is -2.15. The first-order chi connectivity index (χ1) is 15.5. The van der Waals surface area contributed by atoms with Crippen LogP contribution in [0.1, 0.15) is 11.6 Å². The SMILES string of the molecule is O[C@@H]1CO[C@H]2[C@@H]1OC[C@H]2Oc1nc2nc(N[C@@H]3COc4cc(F)cc(F)c43)c(Cl)cc2[nH]1. The molecule has 32 heavy (non-hydrogen) atoms. The molecule has 9 nitrogen and oxygen atoms in total. The molecule has 0 amide bonds. The summed E-state index contributed by atoms with van der Waals surface area (Å²) in [4.78, 5) is 11.8. The van der Waals surface area contributed by atoms with E-state index in [0.717, 1.165) is 12.1 Å². The minimum absolute atomic E-state index is 0.0940. The van der Waals surface area contributed by atoms with Gasteiger partial charge in [0.25, 0.3) is 6.01 Å². The molecule has 0 aliphatic carbocycles. The van der Waals surface area contributed by atoms with Crippen LogP contribution in [0.2, 0.25) is 5.02 Å². The van der Waals surface area contributed by atoms with Gasteiger partial charge in [-0.15, -0.1) is 0 Å². The number of fused-ring (bicyclic) bond motifs is 3. The third-order valence-electron chi connectivity index (χ3n) is 5.77. The summed E-state index contributed by atoms with van der Waals surface area (Å²) in [5.74, 6) is -1.00. The Kier molecular flexibility index (Phi) is 4.61. The predicted molar refractivity (Wildman–Crippen MR) is 107 cm³/mol. The van der Waals surface area contributed by atoms with Crippen molar-refractivity contribution in [1.82, 2.24) is 15.0 Å². The third-order valence-corrected chi connectivity index (χ3v) is 6.06. The molecule has 0 bridgehead atoms. The molecular weight excluding hydrogens is 450 g/mol. The molecule has 3 aliphatic heterocycles. The molecule has 0 radical (unpaired) electrons. The fraction of sp³-hybridized carbons (Fsp3) is 0.400. The molecule has 6 rings (SSSR count). The highest BCUT2D eigenvalue weighted by atomic mass is 35.5. The van der Waals surface area contributed by atoms with Crippen LogP contribution in [0.5, 0.6) is 11.8 Å². The van der Waals surface area contributed by atoms with E-state index in [0.29, 0.717) is 11.2 Å². The summed E-state index contributed by atoms with van der Waals surface area (Å²) in [7, 11) is 0. The first kappa shape index (κ1) is 19.9. The van der Waals surface area contributed by atoms with Gasteiger partial charge in [-0.2, -0.15) is 4.98 Å². The number of aliphatic hydroxyl groups excluding tert-OH is 1. The number of halogens is 3. The van der Waals surface area contributed by atoms with Crippen molar-refractivity contribution in [3.05, 3.63) is 40.4 Å². The number of hydrogen-bond acceptors (Lipinski definition) is 8. The highest BCUT2D eigenvalue weighted by Crippen LogP contribution is 2.38. The molecule has 2 aromatic heterocycles. The molecule has 1 aromatic carbocycles. The summed E-state index contributed by atoms with van der Waals surface area (Å²) in [6.45, 7) is 0.553. The second kappa shape index (κ2) is 7.41. The van der Waals surface area contributed by atoms with Gasteiger partial charge in [0.15, 0.2) is 11.8 Å². The van der Waals surface area contributed by atoms with E-state index in [1.165, 1.54) is 0 Å². The van der Waals surface area contributed by atoms with Gasteiger partial charge in [0.2, 0.25) is 0 Å². The van der Waals surface area contributed by atoms with Crippen molar-refractivity contribution < 1.29 is 32.8 Å². The first-order valence-electron chi connectivity index (χ1n) is 9.99. The molecule has 5 heterocycles. The highest BCUT2D eigenvalue weighted by Gasteiger charge is 2.48. The molecule has 3 aliphatic rings. The predicted octanol–water partition coefficient (Wildman–Crippen LogP) is 2.34. The van der Waals surface area contributed by atoms with Crippen LogP contribution in [-0.2, 0) is 9.47 Å². The Morgan fingerprint density at radius 3 is 2.84 bits per heavy atom. The molecule has 0 saturated carbocycles. The Hall–Kier alpha value is -2.73. The number of aromatic amines is 1. The summed E-state index contributed by atoms with van der Waals surface area (Å²) >= 11 is 6.37. The molecule has 0 unspecified atom stereocenters. The normalized spacial score (nSPS) is 28.6. The van der Waals surface area contributed by atoms with Gasteiger partial charge in [-0.05, 0) is 6.07 Å². The van der Waals surface area contributed by atoms with Crippen molar-refractivity contribution in [3.8, 4) is 11.8 Å². The summed E-state index contributed by atoms with van der Waals surface area (Å²) in [6.07, 6.45) is -1.90. The zero-order chi connectivity index (χ0) is 22.0. The van der Waals surface area contributed by atoms with Crippen LogP contribution in [0.4, 0.5) is 14.6 Å². The van der Waals surface area contributed by atoms with E-state index in [1.54, 1.807) is 6.07 Å². The third kappa shape index (κ3) is 3.24. The molecule has 168 valence electrons. The zero-order valence-corrected chi connectivity index (χ0v) is 17.1. The largest absolute Gasteiger partial charge is 0.490 e. The van der Waals surface area contributed by atoms with Crippen LogP contribution in [0.15, 0.2) is 18.2 Å². The van der Waals surface area contributed by atoms with Gasteiger partial charge in [0, 0.05) is 12.1 Å². The average Bonchev–Trinajstić information content (AvgIpc) is 3.49. The van der Waals surface area contributed by atoms with Gasteiger partial charge in [-0.1, -0.05) is 11.6 Å². The van der Waals surface area contributed by atoms with Gasteiger partial charge in [0.05, 0.1) is 35.4 Å². The second-order valence-corrected chi connectivity index (χ2v) is 8.27. The lowest BCUT2D eigenvalue weighted by molar-refractivity contribution is 0.00706. The average molecular weight is 467 g/mol. The Balaban J connectivity index is 1.23. The Bertz CT molecular complexity index is 1210.